The van der Waals surface area contributed by atoms with Crippen molar-refractivity contribution in [2.75, 3.05) is 25.6 Å². The summed E-state index contributed by atoms with van der Waals surface area (Å²) in [7, 11) is 3.83. The number of hydrogen-bond donors (Lipinski definition) is 2. The molecule has 0 radical (unpaired) electrons. The Morgan fingerprint density at radius 2 is 1.57 bits per heavy atom. The quantitative estimate of drug-likeness (QED) is 0.211. The van der Waals surface area contributed by atoms with E-state index in [9.17, 15) is 24.6 Å². The molecular weight excluding hydrogens is 508 g/mol. The lowest BCUT2D eigenvalue weighted by Crippen LogP contribution is -2.29. The van der Waals surface area contributed by atoms with Crippen LogP contribution in [0.4, 0.5) is 5.69 Å². The first-order chi connectivity index (χ1) is 19.0. The molecule has 1 aliphatic rings. The molecule has 4 rings (SSSR count). The van der Waals surface area contributed by atoms with E-state index < -0.39 is 23.7 Å². The molecular formula is C32H34N2O6. The largest absolute Gasteiger partial charge is 0.507 e. The van der Waals surface area contributed by atoms with Crippen molar-refractivity contribution in [2.24, 2.45) is 5.92 Å². The van der Waals surface area contributed by atoms with Crippen molar-refractivity contribution in [3.8, 4) is 5.75 Å². The predicted molar refractivity (Wildman–Crippen MR) is 154 cm³/mol. The Balaban J connectivity index is 1.78. The van der Waals surface area contributed by atoms with Crippen LogP contribution in [0.2, 0.25) is 0 Å². The standard InChI is InChI=1S/C32H34N2O6/c1-19(2)18-40-26-15-12-24(16-20(26)3)29(35)27-28(22-10-13-25(14-11-22)33(4)5)34(31(37)30(27)36)17-21-6-8-23(9-7-21)32(38)39/h6-16,19,28,35H,17-18H2,1-5H3,(H,38,39)/b29-27-. The van der Waals surface area contributed by atoms with E-state index in [1.807, 2.05) is 50.2 Å². The maximum absolute atomic E-state index is 13.4. The normalized spacial score (nSPS) is 16.4. The summed E-state index contributed by atoms with van der Waals surface area (Å²) in [6.45, 7) is 6.58. The average Bonchev–Trinajstić information content (AvgIpc) is 3.17. The Morgan fingerprint density at radius 1 is 0.950 bits per heavy atom. The van der Waals surface area contributed by atoms with Crippen molar-refractivity contribution in [1.29, 1.82) is 0 Å². The number of aliphatic hydroxyl groups excluding tert-OH is 1. The van der Waals surface area contributed by atoms with Crippen LogP contribution in [0.5, 0.6) is 5.75 Å². The van der Waals surface area contributed by atoms with E-state index in [4.69, 9.17) is 4.74 Å². The molecule has 1 fully saturated rings. The molecule has 0 aromatic heterocycles. The van der Waals surface area contributed by atoms with Crippen LogP contribution < -0.4 is 9.64 Å². The minimum atomic E-state index is -1.05. The average molecular weight is 543 g/mol. The summed E-state index contributed by atoms with van der Waals surface area (Å²) in [5, 5.41) is 20.7. The van der Waals surface area contributed by atoms with Gasteiger partial charge in [0.15, 0.2) is 0 Å². The molecule has 8 nitrogen and oxygen atoms in total. The summed E-state index contributed by atoms with van der Waals surface area (Å²) < 4.78 is 5.86. The number of carboxylic acids is 1. The highest BCUT2D eigenvalue weighted by atomic mass is 16.5. The molecule has 1 heterocycles. The number of likely N-dealkylation sites (tertiary alicyclic amines) is 1. The third-order valence-electron chi connectivity index (χ3n) is 6.84. The van der Waals surface area contributed by atoms with Gasteiger partial charge in [-0.15, -0.1) is 0 Å². The van der Waals surface area contributed by atoms with Gasteiger partial charge < -0.3 is 24.7 Å². The van der Waals surface area contributed by atoms with Gasteiger partial charge in [0.05, 0.1) is 23.8 Å². The van der Waals surface area contributed by atoms with Crippen molar-refractivity contribution in [3.05, 3.63) is 100 Å². The lowest BCUT2D eigenvalue weighted by molar-refractivity contribution is -0.140. The Hall–Kier alpha value is -4.59. The molecule has 0 saturated carbocycles. The topological polar surface area (TPSA) is 107 Å². The molecule has 3 aromatic rings. The number of nitrogens with zero attached hydrogens (tertiary/aromatic N) is 2. The van der Waals surface area contributed by atoms with Gasteiger partial charge in [-0.3, -0.25) is 9.59 Å². The molecule has 1 saturated heterocycles. The van der Waals surface area contributed by atoms with Crippen LogP contribution in [-0.2, 0) is 16.1 Å². The number of carboxylic acid groups (broad SMARTS) is 1. The summed E-state index contributed by atoms with van der Waals surface area (Å²) in [5.41, 5.74) is 3.60. The van der Waals surface area contributed by atoms with Crippen LogP contribution in [0.25, 0.3) is 5.76 Å². The van der Waals surface area contributed by atoms with E-state index in [0.717, 1.165) is 11.3 Å². The zero-order valence-corrected chi connectivity index (χ0v) is 23.3. The number of ketones is 1. The summed E-state index contributed by atoms with van der Waals surface area (Å²) in [4.78, 5) is 41.4. The molecule has 1 unspecified atom stereocenters. The lowest BCUT2D eigenvalue weighted by Gasteiger charge is -2.26. The number of amides is 1. The number of aliphatic hydroxyl groups is 1. The molecule has 1 amide bonds. The van der Waals surface area contributed by atoms with Crippen molar-refractivity contribution in [1.82, 2.24) is 4.90 Å². The van der Waals surface area contributed by atoms with E-state index in [1.165, 1.54) is 17.0 Å². The van der Waals surface area contributed by atoms with E-state index in [-0.39, 0.29) is 23.4 Å². The molecule has 1 aliphatic heterocycles. The number of rotatable bonds is 9. The zero-order valence-electron chi connectivity index (χ0n) is 23.3. The van der Waals surface area contributed by atoms with Crippen molar-refractivity contribution in [3.63, 3.8) is 0 Å². The number of ether oxygens (including phenoxy) is 1. The number of aryl methyl sites for hydroxylation is 1. The molecule has 2 N–H and O–H groups in total. The molecule has 0 spiro atoms. The van der Waals surface area contributed by atoms with E-state index in [0.29, 0.717) is 35.0 Å². The third kappa shape index (κ3) is 5.86. The van der Waals surface area contributed by atoms with Gasteiger partial charge in [-0.25, -0.2) is 4.79 Å². The van der Waals surface area contributed by atoms with Crippen LogP contribution in [0.3, 0.4) is 0 Å². The van der Waals surface area contributed by atoms with Gasteiger partial charge in [0.1, 0.15) is 11.5 Å². The van der Waals surface area contributed by atoms with Gasteiger partial charge in [-0.2, -0.15) is 0 Å². The van der Waals surface area contributed by atoms with Crippen LogP contribution in [0.1, 0.15) is 52.5 Å². The summed E-state index contributed by atoms with van der Waals surface area (Å²) in [6.07, 6.45) is 0. The Morgan fingerprint density at radius 3 is 2.12 bits per heavy atom. The fourth-order valence-electron chi connectivity index (χ4n) is 4.66. The van der Waals surface area contributed by atoms with Gasteiger partial charge in [0.25, 0.3) is 11.7 Å². The maximum Gasteiger partial charge on any atom is 0.335 e. The van der Waals surface area contributed by atoms with Crippen molar-refractivity contribution in [2.45, 2.75) is 33.4 Å². The molecule has 3 aromatic carbocycles. The third-order valence-corrected chi connectivity index (χ3v) is 6.84. The molecule has 0 bridgehead atoms. The van der Waals surface area contributed by atoms with Gasteiger partial charge in [-0.05, 0) is 72.0 Å². The van der Waals surface area contributed by atoms with E-state index >= 15 is 0 Å². The highest BCUT2D eigenvalue weighted by molar-refractivity contribution is 6.46. The Bertz CT molecular complexity index is 1460. The second-order valence-electron chi connectivity index (χ2n) is 10.6. The second kappa shape index (κ2) is 11.7. The first-order valence-electron chi connectivity index (χ1n) is 13.1. The molecule has 0 aliphatic carbocycles. The molecule has 208 valence electrons. The molecule has 40 heavy (non-hydrogen) atoms. The number of aromatic carboxylic acids is 1. The molecule has 8 heteroatoms. The second-order valence-corrected chi connectivity index (χ2v) is 10.6. The van der Waals surface area contributed by atoms with Crippen LogP contribution in [0, 0.1) is 12.8 Å². The van der Waals surface area contributed by atoms with Gasteiger partial charge in [0, 0.05) is 31.9 Å². The fraction of sp³-hybridized carbons (Fsp3) is 0.281. The smallest absolute Gasteiger partial charge is 0.335 e. The number of benzene rings is 3. The van der Waals surface area contributed by atoms with Crippen LogP contribution in [0.15, 0.2) is 72.3 Å². The number of Topliss-reactive ketones (excluding diaryl/α,β-unsaturated/α-hetero) is 1. The summed E-state index contributed by atoms with van der Waals surface area (Å²) >= 11 is 0. The number of anilines is 1. The van der Waals surface area contributed by atoms with Crippen LogP contribution in [-0.4, -0.2) is 53.5 Å². The van der Waals surface area contributed by atoms with Crippen LogP contribution >= 0.6 is 0 Å². The number of hydrogen-bond acceptors (Lipinski definition) is 6. The van der Waals surface area contributed by atoms with Gasteiger partial charge in [0.2, 0.25) is 0 Å². The molecule has 1 atom stereocenters. The van der Waals surface area contributed by atoms with E-state index in [2.05, 4.69) is 13.8 Å². The minimum Gasteiger partial charge on any atom is -0.507 e. The van der Waals surface area contributed by atoms with Crippen molar-refractivity contribution >= 4 is 29.1 Å². The lowest BCUT2D eigenvalue weighted by atomic mass is 9.94. The minimum absolute atomic E-state index is 0.00000737. The van der Waals surface area contributed by atoms with Gasteiger partial charge >= 0.3 is 5.97 Å². The highest BCUT2D eigenvalue weighted by Gasteiger charge is 2.46. The summed E-state index contributed by atoms with van der Waals surface area (Å²) in [5.74, 6) is -1.79. The van der Waals surface area contributed by atoms with Gasteiger partial charge in [-0.1, -0.05) is 38.1 Å². The Labute approximate surface area is 234 Å². The fourth-order valence-corrected chi connectivity index (χ4v) is 4.66. The number of carbonyl (C=O) groups excluding carboxylic acids is 2. The number of carbonyl (C=O) groups is 3. The highest BCUT2D eigenvalue weighted by Crippen LogP contribution is 2.41. The monoisotopic (exact) mass is 542 g/mol. The first kappa shape index (κ1) is 28.4. The summed E-state index contributed by atoms with van der Waals surface area (Å²) in [6, 6.07) is 18.0. The van der Waals surface area contributed by atoms with Crippen molar-refractivity contribution < 1.29 is 29.3 Å². The Kier molecular flexibility index (Phi) is 8.28. The predicted octanol–water partition coefficient (Wildman–Crippen LogP) is 5.42. The zero-order chi connectivity index (χ0) is 29.1. The maximum atomic E-state index is 13.4. The van der Waals surface area contributed by atoms with E-state index in [1.54, 1.807) is 30.3 Å². The first-order valence-corrected chi connectivity index (χ1v) is 13.1. The SMILES string of the molecule is Cc1cc(/C(O)=C2/C(=O)C(=O)N(Cc3ccc(C(=O)O)cc3)C2c2ccc(N(C)C)cc2)ccc1OCC(C)C.